The quantitative estimate of drug-likeness (QED) is 0.245. The van der Waals surface area contributed by atoms with Crippen molar-refractivity contribution in [3.05, 3.63) is 90.0 Å². The first kappa shape index (κ1) is 34.5. The molecule has 5 N–H and O–H groups in total. The van der Waals surface area contributed by atoms with Crippen LogP contribution in [0.1, 0.15) is 52.2 Å². The van der Waals surface area contributed by atoms with Crippen molar-refractivity contribution in [3.63, 3.8) is 0 Å². The molecule has 0 saturated carbocycles. The van der Waals surface area contributed by atoms with Crippen LogP contribution in [0.5, 0.6) is 17.2 Å². The van der Waals surface area contributed by atoms with Crippen molar-refractivity contribution >= 4 is 17.7 Å². The van der Waals surface area contributed by atoms with E-state index in [1.165, 1.54) is 0 Å². The molecule has 0 spiro atoms. The minimum atomic E-state index is -0.934. The molecule has 0 aromatic heterocycles. The molecule has 2 unspecified atom stereocenters. The first-order valence-electron chi connectivity index (χ1n) is 15.7. The zero-order chi connectivity index (χ0) is 33.5. The number of para-hydroxylation sites is 1. The van der Waals surface area contributed by atoms with Gasteiger partial charge in [0.05, 0.1) is 13.2 Å². The summed E-state index contributed by atoms with van der Waals surface area (Å²) >= 11 is 0. The fourth-order valence-electron chi connectivity index (χ4n) is 5.40. The van der Waals surface area contributed by atoms with E-state index in [0.717, 1.165) is 16.9 Å². The highest BCUT2D eigenvalue weighted by molar-refractivity contribution is 5.97. The molecule has 1 aliphatic rings. The van der Waals surface area contributed by atoms with Crippen LogP contribution < -0.4 is 26.3 Å². The van der Waals surface area contributed by atoms with Gasteiger partial charge in [-0.2, -0.15) is 0 Å². The Balaban J connectivity index is 1.60. The van der Waals surface area contributed by atoms with E-state index >= 15 is 0 Å². The van der Waals surface area contributed by atoms with Gasteiger partial charge in [-0.25, -0.2) is 0 Å². The molecule has 0 radical (unpaired) electrons. The second-order valence-electron chi connectivity index (χ2n) is 13.3. The molecule has 1 heterocycles. The van der Waals surface area contributed by atoms with Gasteiger partial charge < -0.3 is 36.1 Å². The average Bonchev–Trinajstić information content (AvgIpc) is 2.98. The molecule has 10 nitrogen and oxygen atoms in total. The predicted molar refractivity (Wildman–Crippen MR) is 178 cm³/mol. The highest BCUT2D eigenvalue weighted by Gasteiger charge is 2.42. The molecule has 46 heavy (non-hydrogen) atoms. The molecule has 3 amide bonds. The normalized spacial score (nSPS) is 17.0. The lowest BCUT2D eigenvalue weighted by atomic mass is 9.97. The Labute approximate surface area is 272 Å². The van der Waals surface area contributed by atoms with Crippen LogP contribution in [0, 0.1) is 0 Å². The van der Waals surface area contributed by atoms with E-state index in [-0.39, 0.29) is 43.8 Å². The van der Waals surface area contributed by atoms with Gasteiger partial charge in [0.15, 0.2) is 0 Å². The molecule has 0 aliphatic carbocycles. The van der Waals surface area contributed by atoms with E-state index in [1.54, 1.807) is 23.6 Å². The average molecular weight is 630 g/mol. The summed E-state index contributed by atoms with van der Waals surface area (Å²) in [6.45, 7) is 9.99. The monoisotopic (exact) mass is 629 g/mol. The number of hydrogen-bond acceptors (Lipinski definition) is 7. The maximum Gasteiger partial charge on any atom is 0.246 e. The molecule has 4 rings (SSSR count). The molecule has 1 saturated heterocycles. The zero-order valence-corrected chi connectivity index (χ0v) is 27.5. The number of carbonyl (C=O) groups excluding carboxylic acids is 3. The number of nitrogens with one attached hydrogen (secondary N) is 1. The topological polar surface area (TPSA) is 140 Å². The molecule has 1 aliphatic heterocycles. The Morgan fingerprint density at radius 3 is 2.02 bits per heavy atom. The van der Waals surface area contributed by atoms with Gasteiger partial charge in [0, 0.05) is 37.0 Å². The predicted octanol–water partition coefficient (Wildman–Crippen LogP) is 4.01. The Bertz CT molecular complexity index is 1460. The number of nitrogens with zero attached hydrogens (tertiary/aromatic N) is 2. The van der Waals surface area contributed by atoms with Crippen LogP contribution >= 0.6 is 0 Å². The molecular formula is C36H47N5O5. The summed E-state index contributed by atoms with van der Waals surface area (Å²) in [4.78, 5) is 44.5. The van der Waals surface area contributed by atoms with Gasteiger partial charge in [-0.3, -0.25) is 14.4 Å². The molecule has 2 atom stereocenters. The third-order valence-corrected chi connectivity index (χ3v) is 7.46. The van der Waals surface area contributed by atoms with Crippen molar-refractivity contribution in [2.24, 2.45) is 11.5 Å². The summed E-state index contributed by atoms with van der Waals surface area (Å²) in [5.41, 5.74) is 12.7. The van der Waals surface area contributed by atoms with Gasteiger partial charge in [0.1, 0.15) is 29.3 Å². The number of ether oxygens (including phenoxy) is 2. The number of amides is 3. The first-order chi connectivity index (χ1) is 21.7. The maximum absolute atomic E-state index is 14.1. The molecule has 3 aromatic rings. The van der Waals surface area contributed by atoms with Crippen LogP contribution in [-0.2, 0) is 27.3 Å². The van der Waals surface area contributed by atoms with Crippen molar-refractivity contribution < 1.29 is 23.9 Å². The molecule has 246 valence electrons. The third-order valence-electron chi connectivity index (χ3n) is 7.46. The SMILES string of the molecule is CCOc1ccc(CC2NC(=O)C(CN(CC(C)(C)N)C(=O)CC(C)(C)N)N(Cc3ccc(Oc4ccccc4)cc3)C2=O)cc1. The first-order valence-corrected chi connectivity index (χ1v) is 15.7. The van der Waals surface area contributed by atoms with E-state index in [4.69, 9.17) is 20.9 Å². The highest BCUT2D eigenvalue weighted by atomic mass is 16.5. The minimum Gasteiger partial charge on any atom is -0.494 e. The van der Waals surface area contributed by atoms with Crippen molar-refractivity contribution in [2.75, 3.05) is 19.7 Å². The van der Waals surface area contributed by atoms with Gasteiger partial charge in [-0.1, -0.05) is 42.5 Å². The molecule has 10 heteroatoms. The van der Waals surface area contributed by atoms with E-state index in [2.05, 4.69) is 5.32 Å². The lowest BCUT2D eigenvalue weighted by Crippen LogP contribution is -2.67. The van der Waals surface area contributed by atoms with E-state index < -0.39 is 23.2 Å². The van der Waals surface area contributed by atoms with Crippen molar-refractivity contribution in [3.8, 4) is 17.2 Å². The summed E-state index contributed by atoms with van der Waals surface area (Å²) in [6, 6.07) is 22.6. The Morgan fingerprint density at radius 2 is 1.43 bits per heavy atom. The van der Waals surface area contributed by atoms with Gasteiger partial charge >= 0.3 is 0 Å². The molecule has 1 fully saturated rings. The van der Waals surface area contributed by atoms with Crippen LogP contribution in [-0.4, -0.2) is 70.4 Å². The molecule has 3 aromatic carbocycles. The summed E-state index contributed by atoms with van der Waals surface area (Å²) in [6.07, 6.45) is 0.374. The highest BCUT2D eigenvalue weighted by Crippen LogP contribution is 2.24. The third kappa shape index (κ3) is 10.1. The van der Waals surface area contributed by atoms with E-state index in [0.29, 0.717) is 24.5 Å². The zero-order valence-electron chi connectivity index (χ0n) is 27.5. The number of benzene rings is 3. The van der Waals surface area contributed by atoms with Crippen molar-refractivity contribution in [1.29, 1.82) is 0 Å². The van der Waals surface area contributed by atoms with Crippen LogP contribution in [0.4, 0.5) is 0 Å². The van der Waals surface area contributed by atoms with Gasteiger partial charge in [0.2, 0.25) is 17.7 Å². The molecule has 0 bridgehead atoms. The minimum absolute atomic E-state index is 0.0158. The smallest absolute Gasteiger partial charge is 0.246 e. The summed E-state index contributed by atoms with van der Waals surface area (Å²) in [7, 11) is 0. The Hall–Kier alpha value is -4.41. The number of piperazine rings is 1. The van der Waals surface area contributed by atoms with Crippen LogP contribution in [0.15, 0.2) is 78.9 Å². The van der Waals surface area contributed by atoms with Crippen LogP contribution in [0.3, 0.4) is 0 Å². The summed E-state index contributed by atoms with van der Waals surface area (Å²) < 4.78 is 11.5. The van der Waals surface area contributed by atoms with Gasteiger partial charge in [0.25, 0.3) is 0 Å². The lowest BCUT2D eigenvalue weighted by molar-refractivity contribution is -0.152. The standard InChI is InChI=1S/C36H47N5O5/c1-6-45-27-16-12-25(13-17-27)20-30-34(44)41(22-26-14-18-29(19-15-26)46-28-10-8-7-9-11-28)31(33(43)39-30)23-40(24-36(4,5)38)32(42)21-35(2,3)37/h7-19,30-31H,6,20-24,37-38H2,1-5H3,(H,39,43). The second kappa shape index (κ2) is 14.8. The second-order valence-corrected chi connectivity index (χ2v) is 13.3. The number of hydrogen-bond donors (Lipinski definition) is 3. The van der Waals surface area contributed by atoms with Gasteiger partial charge in [-0.15, -0.1) is 0 Å². The van der Waals surface area contributed by atoms with Gasteiger partial charge in [-0.05, 0) is 82.1 Å². The maximum atomic E-state index is 14.1. The summed E-state index contributed by atoms with van der Waals surface area (Å²) in [5, 5.41) is 2.94. The van der Waals surface area contributed by atoms with E-state index in [9.17, 15) is 14.4 Å². The fraction of sp³-hybridized carbons (Fsp3) is 0.417. The number of rotatable bonds is 14. The van der Waals surface area contributed by atoms with Crippen molar-refractivity contribution in [1.82, 2.24) is 15.1 Å². The number of nitrogens with two attached hydrogens (primary N) is 2. The summed E-state index contributed by atoms with van der Waals surface area (Å²) in [5.74, 6) is 1.29. The van der Waals surface area contributed by atoms with Crippen molar-refractivity contribution in [2.45, 2.75) is 77.2 Å². The van der Waals surface area contributed by atoms with E-state index in [1.807, 2.05) is 99.6 Å². The van der Waals surface area contributed by atoms with Crippen LogP contribution in [0.2, 0.25) is 0 Å². The Kier molecular flexibility index (Phi) is 11.1. The largest absolute Gasteiger partial charge is 0.494 e. The van der Waals surface area contributed by atoms with Crippen LogP contribution in [0.25, 0.3) is 0 Å². The Morgan fingerprint density at radius 1 is 0.848 bits per heavy atom. The number of carbonyl (C=O) groups is 3. The lowest BCUT2D eigenvalue weighted by Gasteiger charge is -2.42. The fourth-order valence-corrected chi connectivity index (χ4v) is 5.40. The molecular weight excluding hydrogens is 582 g/mol.